The van der Waals surface area contributed by atoms with E-state index in [9.17, 15) is 9.50 Å². The first kappa shape index (κ1) is 14.0. The lowest BCUT2D eigenvalue weighted by atomic mass is 10.0. The van der Waals surface area contributed by atoms with Crippen molar-refractivity contribution in [2.75, 3.05) is 0 Å². The SMILES string of the molecule is CCc1cccnc1C(O)Cc1ccc(Cl)c(F)c1. The Hall–Kier alpha value is -1.45. The van der Waals surface area contributed by atoms with Crippen LogP contribution >= 0.6 is 11.6 Å². The van der Waals surface area contributed by atoms with E-state index in [1.165, 1.54) is 12.1 Å². The molecule has 1 aromatic heterocycles. The van der Waals surface area contributed by atoms with Gasteiger partial charge in [-0.3, -0.25) is 4.98 Å². The van der Waals surface area contributed by atoms with Gasteiger partial charge in [-0.1, -0.05) is 30.7 Å². The van der Waals surface area contributed by atoms with E-state index >= 15 is 0 Å². The first-order valence-corrected chi connectivity index (χ1v) is 6.55. The summed E-state index contributed by atoms with van der Waals surface area (Å²) in [7, 11) is 0. The molecule has 0 aliphatic rings. The molecular weight excluding hydrogens is 265 g/mol. The number of nitrogens with zero attached hydrogens (tertiary/aromatic N) is 1. The third-order valence-corrected chi connectivity index (χ3v) is 3.34. The zero-order valence-corrected chi connectivity index (χ0v) is 11.4. The maximum Gasteiger partial charge on any atom is 0.142 e. The largest absolute Gasteiger partial charge is 0.386 e. The minimum atomic E-state index is -0.739. The summed E-state index contributed by atoms with van der Waals surface area (Å²) in [5.74, 6) is -0.469. The Morgan fingerprint density at radius 1 is 1.37 bits per heavy atom. The minimum Gasteiger partial charge on any atom is -0.386 e. The zero-order chi connectivity index (χ0) is 13.8. The van der Waals surface area contributed by atoms with Crippen LogP contribution in [0.2, 0.25) is 5.02 Å². The molecule has 1 aromatic carbocycles. The predicted octanol–water partition coefficient (Wildman–Crippen LogP) is 3.71. The number of aromatic nitrogens is 1. The standard InChI is InChI=1S/C15H15ClFNO/c1-2-11-4-3-7-18-15(11)14(19)9-10-5-6-12(16)13(17)8-10/h3-8,14,19H,2,9H2,1H3. The van der Waals surface area contributed by atoms with E-state index in [2.05, 4.69) is 4.98 Å². The summed E-state index contributed by atoms with van der Waals surface area (Å²) in [6.07, 6.45) is 2.03. The highest BCUT2D eigenvalue weighted by molar-refractivity contribution is 6.30. The first-order chi connectivity index (χ1) is 9.11. The third kappa shape index (κ3) is 3.31. The zero-order valence-electron chi connectivity index (χ0n) is 10.6. The van der Waals surface area contributed by atoms with Gasteiger partial charge >= 0.3 is 0 Å². The molecule has 1 unspecified atom stereocenters. The number of aliphatic hydroxyl groups excluding tert-OH is 1. The van der Waals surface area contributed by atoms with E-state index in [-0.39, 0.29) is 5.02 Å². The number of aryl methyl sites for hydroxylation is 1. The highest BCUT2D eigenvalue weighted by atomic mass is 35.5. The molecule has 1 atom stereocenters. The molecular formula is C15H15ClFNO. The van der Waals surface area contributed by atoms with Gasteiger partial charge in [0.15, 0.2) is 0 Å². The average molecular weight is 280 g/mol. The molecule has 2 aromatic rings. The van der Waals surface area contributed by atoms with Crippen LogP contribution in [0.1, 0.15) is 29.8 Å². The van der Waals surface area contributed by atoms with Gasteiger partial charge in [0, 0.05) is 12.6 Å². The second kappa shape index (κ2) is 6.13. The summed E-state index contributed by atoms with van der Waals surface area (Å²) < 4.78 is 13.3. The minimum absolute atomic E-state index is 0.0883. The Bertz CT molecular complexity index is 574. The highest BCUT2D eigenvalue weighted by Gasteiger charge is 2.14. The number of hydrogen-bond donors (Lipinski definition) is 1. The van der Waals surface area contributed by atoms with Gasteiger partial charge in [0.2, 0.25) is 0 Å². The Labute approximate surface area is 116 Å². The third-order valence-electron chi connectivity index (χ3n) is 3.04. The van der Waals surface area contributed by atoms with E-state index in [0.717, 1.165) is 12.0 Å². The van der Waals surface area contributed by atoms with Gasteiger partial charge in [0.05, 0.1) is 10.7 Å². The number of hydrogen-bond acceptors (Lipinski definition) is 2. The molecule has 0 aliphatic heterocycles. The summed E-state index contributed by atoms with van der Waals surface area (Å²) in [6, 6.07) is 8.34. The van der Waals surface area contributed by atoms with Crippen LogP contribution in [0.25, 0.3) is 0 Å². The highest BCUT2D eigenvalue weighted by Crippen LogP contribution is 2.22. The quantitative estimate of drug-likeness (QED) is 0.925. The van der Waals surface area contributed by atoms with Crippen molar-refractivity contribution in [2.24, 2.45) is 0 Å². The lowest BCUT2D eigenvalue weighted by Crippen LogP contribution is -2.07. The molecule has 0 spiro atoms. The van der Waals surface area contributed by atoms with Gasteiger partial charge < -0.3 is 5.11 Å². The fourth-order valence-corrected chi connectivity index (χ4v) is 2.15. The normalized spacial score (nSPS) is 12.4. The number of halogens is 2. The monoisotopic (exact) mass is 279 g/mol. The number of rotatable bonds is 4. The van der Waals surface area contributed by atoms with Crippen molar-refractivity contribution in [1.29, 1.82) is 0 Å². The topological polar surface area (TPSA) is 33.1 Å². The van der Waals surface area contributed by atoms with Gasteiger partial charge in [0.25, 0.3) is 0 Å². The average Bonchev–Trinajstić information content (AvgIpc) is 2.43. The van der Waals surface area contributed by atoms with Crippen molar-refractivity contribution in [3.63, 3.8) is 0 Å². The number of pyridine rings is 1. The second-order valence-electron chi connectivity index (χ2n) is 4.37. The van der Waals surface area contributed by atoms with Crippen molar-refractivity contribution in [1.82, 2.24) is 4.98 Å². The summed E-state index contributed by atoms with van der Waals surface area (Å²) in [5.41, 5.74) is 2.35. The summed E-state index contributed by atoms with van der Waals surface area (Å²) in [5, 5.41) is 10.3. The number of benzene rings is 1. The van der Waals surface area contributed by atoms with Crippen LogP contribution in [0, 0.1) is 5.82 Å². The van der Waals surface area contributed by atoms with Crippen LogP contribution in [0.5, 0.6) is 0 Å². The van der Waals surface area contributed by atoms with E-state index in [1.807, 2.05) is 19.1 Å². The fraction of sp³-hybridized carbons (Fsp3) is 0.267. The smallest absolute Gasteiger partial charge is 0.142 e. The maximum atomic E-state index is 13.3. The molecule has 0 bridgehead atoms. The Kier molecular flexibility index (Phi) is 4.51. The Morgan fingerprint density at radius 3 is 2.84 bits per heavy atom. The van der Waals surface area contributed by atoms with Gasteiger partial charge in [0.1, 0.15) is 11.9 Å². The molecule has 0 saturated carbocycles. The molecule has 19 heavy (non-hydrogen) atoms. The predicted molar refractivity (Wildman–Crippen MR) is 73.7 cm³/mol. The fourth-order valence-electron chi connectivity index (χ4n) is 2.04. The number of aliphatic hydroxyl groups is 1. The van der Waals surface area contributed by atoms with Gasteiger partial charge in [-0.15, -0.1) is 0 Å². The van der Waals surface area contributed by atoms with Crippen molar-refractivity contribution < 1.29 is 9.50 Å². The molecule has 0 radical (unpaired) electrons. The van der Waals surface area contributed by atoms with Crippen LogP contribution in [0.3, 0.4) is 0 Å². The molecule has 2 nitrogen and oxygen atoms in total. The molecule has 0 saturated heterocycles. The van der Waals surface area contributed by atoms with E-state index in [0.29, 0.717) is 17.7 Å². The summed E-state index contributed by atoms with van der Waals surface area (Å²) >= 11 is 5.63. The maximum absolute atomic E-state index is 13.3. The van der Waals surface area contributed by atoms with Crippen molar-refractivity contribution in [3.05, 3.63) is 64.2 Å². The van der Waals surface area contributed by atoms with Crippen LogP contribution in [-0.2, 0) is 12.8 Å². The van der Waals surface area contributed by atoms with Crippen molar-refractivity contribution >= 4 is 11.6 Å². The Morgan fingerprint density at radius 2 is 2.16 bits per heavy atom. The molecule has 0 fully saturated rings. The lowest BCUT2D eigenvalue weighted by molar-refractivity contribution is 0.172. The molecule has 0 amide bonds. The first-order valence-electron chi connectivity index (χ1n) is 6.17. The summed E-state index contributed by atoms with van der Waals surface area (Å²) in [6.45, 7) is 2.01. The van der Waals surface area contributed by atoms with Crippen LogP contribution in [0.4, 0.5) is 4.39 Å². The molecule has 100 valence electrons. The van der Waals surface area contributed by atoms with Crippen LogP contribution < -0.4 is 0 Å². The van der Waals surface area contributed by atoms with E-state index in [1.54, 1.807) is 12.3 Å². The van der Waals surface area contributed by atoms with Gasteiger partial charge in [-0.25, -0.2) is 4.39 Å². The molecule has 0 aliphatic carbocycles. The van der Waals surface area contributed by atoms with Crippen molar-refractivity contribution in [3.8, 4) is 0 Å². The lowest BCUT2D eigenvalue weighted by Gasteiger charge is -2.13. The summed E-state index contributed by atoms with van der Waals surface area (Å²) in [4.78, 5) is 4.22. The molecule has 1 heterocycles. The van der Waals surface area contributed by atoms with Crippen molar-refractivity contribution in [2.45, 2.75) is 25.9 Å². The molecule has 1 N–H and O–H groups in total. The molecule has 4 heteroatoms. The van der Waals surface area contributed by atoms with E-state index < -0.39 is 11.9 Å². The van der Waals surface area contributed by atoms with Crippen LogP contribution in [-0.4, -0.2) is 10.1 Å². The Balaban J connectivity index is 2.20. The van der Waals surface area contributed by atoms with Crippen LogP contribution in [0.15, 0.2) is 36.5 Å². The van der Waals surface area contributed by atoms with E-state index in [4.69, 9.17) is 11.6 Å². The second-order valence-corrected chi connectivity index (χ2v) is 4.78. The van der Waals surface area contributed by atoms with Gasteiger partial charge in [-0.2, -0.15) is 0 Å². The molecule has 2 rings (SSSR count). The van der Waals surface area contributed by atoms with Gasteiger partial charge in [-0.05, 0) is 35.7 Å².